The average molecular weight is 490 g/mol. The molecule has 0 aromatic rings. The zero-order valence-corrected chi connectivity index (χ0v) is 15.2. The monoisotopic (exact) mass is 490 g/mol. The van der Waals surface area contributed by atoms with Crippen LogP contribution in [0.4, 0.5) is 0 Å². The van der Waals surface area contributed by atoms with Gasteiger partial charge < -0.3 is 4.90 Å². The van der Waals surface area contributed by atoms with E-state index in [4.69, 9.17) is 0 Å². The van der Waals surface area contributed by atoms with Crippen molar-refractivity contribution in [3.8, 4) is 0 Å². The summed E-state index contributed by atoms with van der Waals surface area (Å²) in [6.07, 6.45) is 5.90. The van der Waals surface area contributed by atoms with Crippen LogP contribution in [0.2, 0.25) is 0 Å². The number of nitrogens with zero attached hydrogens (tertiary/aromatic N) is 1. The van der Waals surface area contributed by atoms with Crippen LogP contribution in [0.1, 0.15) is 38.5 Å². The van der Waals surface area contributed by atoms with Gasteiger partial charge in [0.15, 0.2) is 3.79 Å². The summed E-state index contributed by atoms with van der Waals surface area (Å²) in [5.74, 6) is 0.711. The lowest BCUT2D eigenvalue weighted by Crippen LogP contribution is -2.44. The molecule has 108 valence electrons. The number of hydrogen-bond donors (Lipinski definition) is 1. The maximum Gasteiger partial charge on any atom is 0.225 e. The van der Waals surface area contributed by atoms with Gasteiger partial charge in [-0.1, -0.05) is 0 Å². The molecule has 1 aliphatic heterocycles. The first-order valence-corrected chi connectivity index (χ1v) is 9.12. The van der Waals surface area contributed by atoms with Crippen molar-refractivity contribution in [2.24, 2.45) is 11.8 Å². The van der Waals surface area contributed by atoms with Gasteiger partial charge in [0, 0.05) is 53.8 Å². The number of carbonyl (C=O) groups is 2. The third-order valence-corrected chi connectivity index (χ3v) is 6.12. The Morgan fingerprint density at radius 1 is 0.947 bits per heavy atom. The minimum atomic E-state index is 0.170. The lowest BCUT2D eigenvalue weighted by atomic mass is 9.85. The Morgan fingerprint density at radius 2 is 1.53 bits per heavy atom. The minimum absolute atomic E-state index is 0.170. The number of hydrogen-bond acceptors (Lipinski definition) is 3. The molecule has 1 heterocycles. The van der Waals surface area contributed by atoms with Gasteiger partial charge in [-0.3, -0.25) is 13.1 Å². The van der Waals surface area contributed by atoms with E-state index >= 15 is 0 Å². The average Bonchev–Trinajstić information content (AvgIpc) is 2.46. The Morgan fingerprint density at radius 3 is 2.00 bits per heavy atom. The van der Waals surface area contributed by atoms with E-state index < -0.39 is 0 Å². The number of carbonyl (C=O) groups excluding carboxylic acids is 2. The van der Waals surface area contributed by atoms with Crippen molar-refractivity contribution in [2.45, 2.75) is 44.6 Å². The molecular weight excluding hydrogens is 470 g/mol. The smallest absolute Gasteiger partial charge is 0.225 e. The molecule has 1 saturated heterocycles. The van der Waals surface area contributed by atoms with Crippen molar-refractivity contribution in [1.29, 1.82) is 0 Å². The van der Waals surface area contributed by atoms with Crippen molar-refractivity contribution in [1.82, 2.24) is 8.43 Å². The molecule has 6 heteroatoms. The van der Waals surface area contributed by atoms with Crippen molar-refractivity contribution >= 4 is 55.2 Å². The van der Waals surface area contributed by atoms with E-state index in [0.717, 1.165) is 51.6 Å². The number of piperidine rings is 1. The fourth-order valence-corrected chi connectivity index (χ4v) is 4.28. The van der Waals surface area contributed by atoms with E-state index in [1.165, 1.54) is 0 Å². The van der Waals surface area contributed by atoms with Crippen LogP contribution < -0.4 is 3.53 Å². The zero-order valence-electron chi connectivity index (χ0n) is 10.9. The first kappa shape index (κ1) is 15.9. The van der Waals surface area contributed by atoms with Gasteiger partial charge in [0.25, 0.3) is 0 Å². The number of rotatable bonds is 3. The van der Waals surface area contributed by atoms with Gasteiger partial charge in [-0.05, 0) is 61.1 Å². The third kappa shape index (κ3) is 4.26. The van der Waals surface area contributed by atoms with Gasteiger partial charge in [-0.25, -0.2) is 0 Å². The molecule has 0 aromatic heterocycles. The quantitative estimate of drug-likeness (QED) is 0.376. The van der Waals surface area contributed by atoms with Crippen LogP contribution >= 0.6 is 45.5 Å². The SMILES string of the molecule is O=C(I)C1CCN(C(=O)C2CCC(NI)CC2)CC1. The van der Waals surface area contributed by atoms with Crippen LogP contribution in [0.3, 0.4) is 0 Å². The summed E-state index contributed by atoms with van der Waals surface area (Å²) in [4.78, 5) is 25.7. The Bertz CT molecular complexity index is 336. The number of likely N-dealkylation sites (tertiary alicyclic amines) is 1. The zero-order chi connectivity index (χ0) is 13.8. The first-order chi connectivity index (χ1) is 9.11. The molecule has 0 aromatic carbocycles. The molecule has 0 spiro atoms. The standard InChI is InChI=1S/C13H20I2N2O2/c14-12(18)9-5-7-17(8-6-9)13(19)10-1-3-11(16-15)4-2-10/h9-11,16H,1-8H2. The molecule has 0 bridgehead atoms. The number of nitrogens with one attached hydrogen (secondary N) is 1. The summed E-state index contributed by atoms with van der Waals surface area (Å²) in [5, 5.41) is 0. The van der Waals surface area contributed by atoms with Crippen LogP contribution in [0, 0.1) is 11.8 Å². The molecule has 2 aliphatic rings. The molecule has 2 fully saturated rings. The van der Waals surface area contributed by atoms with Gasteiger partial charge in [0.05, 0.1) is 0 Å². The minimum Gasteiger partial charge on any atom is -0.342 e. The summed E-state index contributed by atoms with van der Waals surface area (Å²) in [7, 11) is 0. The van der Waals surface area contributed by atoms with Crippen LogP contribution in [0.15, 0.2) is 0 Å². The van der Waals surface area contributed by atoms with E-state index in [9.17, 15) is 9.59 Å². The second-order valence-electron chi connectivity index (χ2n) is 5.56. The van der Waals surface area contributed by atoms with Crippen LogP contribution in [0.25, 0.3) is 0 Å². The lowest BCUT2D eigenvalue weighted by molar-refractivity contribution is -0.138. The van der Waals surface area contributed by atoms with E-state index in [1.807, 2.05) is 27.5 Å². The van der Waals surface area contributed by atoms with Crippen molar-refractivity contribution in [3.05, 3.63) is 0 Å². The fraction of sp³-hybridized carbons (Fsp3) is 0.846. The summed E-state index contributed by atoms with van der Waals surface area (Å²) in [6, 6.07) is 0.576. The highest BCUT2D eigenvalue weighted by molar-refractivity contribution is 14.1. The Labute approximate surface area is 142 Å². The van der Waals surface area contributed by atoms with Crippen molar-refractivity contribution < 1.29 is 9.59 Å². The topological polar surface area (TPSA) is 49.4 Å². The predicted molar refractivity (Wildman–Crippen MR) is 91.2 cm³/mol. The maximum atomic E-state index is 12.4. The summed E-state index contributed by atoms with van der Waals surface area (Å²) in [5.41, 5.74) is 0. The van der Waals surface area contributed by atoms with Gasteiger partial charge in [-0.2, -0.15) is 0 Å². The molecule has 1 saturated carbocycles. The van der Waals surface area contributed by atoms with Crippen LogP contribution in [0.5, 0.6) is 0 Å². The molecular formula is C13H20I2N2O2. The molecule has 4 nitrogen and oxygen atoms in total. The fourth-order valence-electron chi connectivity index (χ4n) is 3.03. The van der Waals surface area contributed by atoms with Gasteiger partial charge in [0.1, 0.15) is 0 Å². The molecule has 19 heavy (non-hydrogen) atoms. The van der Waals surface area contributed by atoms with Crippen LogP contribution in [-0.2, 0) is 9.59 Å². The van der Waals surface area contributed by atoms with Crippen molar-refractivity contribution in [3.63, 3.8) is 0 Å². The summed E-state index contributed by atoms with van der Waals surface area (Å²) < 4.78 is 3.52. The highest BCUT2D eigenvalue weighted by Gasteiger charge is 2.32. The maximum absolute atomic E-state index is 12.4. The normalized spacial score (nSPS) is 29.3. The second-order valence-corrected chi connectivity index (χ2v) is 7.25. The Kier molecular flexibility index (Phi) is 6.32. The molecule has 0 atom stereocenters. The molecule has 1 aliphatic carbocycles. The molecule has 2 rings (SSSR count). The van der Waals surface area contributed by atoms with E-state index in [0.29, 0.717) is 11.9 Å². The lowest BCUT2D eigenvalue weighted by Gasteiger charge is -2.35. The highest BCUT2D eigenvalue weighted by atomic mass is 127. The predicted octanol–water partition coefficient (Wildman–Crippen LogP) is 2.69. The van der Waals surface area contributed by atoms with Crippen LogP contribution in [-0.4, -0.2) is 33.7 Å². The van der Waals surface area contributed by atoms with E-state index in [2.05, 4.69) is 26.4 Å². The van der Waals surface area contributed by atoms with Gasteiger partial charge in [0.2, 0.25) is 5.91 Å². The molecule has 0 unspecified atom stereocenters. The Balaban J connectivity index is 1.80. The van der Waals surface area contributed by atoms with E-state index in [1.54, 1.807) is 0 Å². The number of halogens is 2. The summed E-state index contributed by atoms with van der Waals surface area (Å²) >= 11 is 4.09. The third-order valence-electron chi connectivity index (χ3n) is 4.36. The number of amides is 1. The first-order valence-electron chi connectivity index (χ1n) is 6.96. The highest BCUT2D eigenvalue weighted by Crippen LogP contribution is 2.28. The second kappa shape index (κ2) is 7.53. The molecule has 0 radical (unpaired) electrons. The van der Waals surface area contributed by atoms with Gasteiger partial charge in [-0.15, -0.1) is 0 Å². The molecule has 1 N–H and O–H groups in total. The van der Waals surface area contributed by atoms with Crippen molar-refractivity contribution in [2.75, 3.05) is 13.1 Å². The largest absolute Gasteiger partial charge is 0.342 e. The summed E-state index contributed by atoms with van der Waals surface area (Å²) in [6.45, 7) is 1.53. The van der Waals surface area contributed by atoms with Gasteiger partial charge >= 0.3 is 0 Å². The van der Waals surface area contributed by atoms with E-state index in [-0.39, 0.29) is 15.6 Å². The Hall–Kier alpha value is 0.560. The molecule has 1 amide bonds.